The number of piperidine rings is 1. The number of rotatable bonds is 3. The molecule has 2 aliphatic rings. The number of nitrogens with zero attached hydrogens (tertiary/aromatic N) is 3. The zero-order valence-electron chi connectivity index (χ0n) is 13.8. The number of likely N-dealkylation sites (tertiary alicyclic amines) is 2. The molecular formula is C18H26N4O. The Morgan fingerprint density at radius 1 is 1.22 bits per heavy atom. The predicted octanol–water partition coefficient (Wildman–Crippen LogP) is 2.01. The molecule has 2 aliphatic heterocycles. The fourth-order valence-corrected chi connectivity index (χ4v) is 3.70. The van der Waals surface area contributed by atoms with Gasteiger partial charge in [0, 0.05) is 39.0 Å². The first-order chi connectivity index (χ1) is 11.2. The minimum atomic E-state index is 0.0987. The van der Waals surface area contributed by atoms with Crippen LogP contribution in [-0.4, -0.2) is 48.3 Å². The molecule has 2 saturated heterocycles. The summed E-state index contributed by atoms with van der Waals surface area (Å²) < 4.78 is 0. The van der Waals surface area contributed by atoms with Crippen molar-refractivity contribution in [2.45, 2.75) is 31.7 Å². The maximum atomic E-state index is 12.2. The summed E-state index contributed by atoms with van der Waals surface area (Å²) >= 11 is 0. The Labute approximate surface area is 138 Å². The van der Waals surface area contributed by atoms with Crippen LogP contribution < -0.4 is 5.73 Å². The number of hydrogen-bond acceptors (Lipinski definition) is 2. The molecule has 2 heterocycles. The fraction of sp³-hybridized carbons (Fsp3) is 0.556. The Bertz CT molecular complexity index is 566. The summed E-state index contributed by atoms with van der Waals surface area (Å²) in [6, 6.07) is 10.3. The Balaban J connectivity index is 1.71. The lowest BCUT2D eigenvalue weighted by atomic mass is 9.94. The van der Waals surface area contributed by atoms with Gasteiger partial charge in [0.05, 0.1) is 6.04 Å². The third-order valence-corrected chi connectivity index (χ3v) is 5.00. The van der Waals surface area contributed by atoms with Gasteiger partial charge in [-0.25, -0.2) is 0 Å². The smallest absolute Gasteiger partial charge is 0.223 e. The molecule has 1 aromatic carbocycles. The maximum absolute atomic E-state index is 12.2. The molecule has 1 amide bonds. The number of hydrogen-bond donors (Lipinski definition) is 1. The second-order valence-corrected chi connectivity index (χ2v) is 6.57. The Morgan fingerprint density at radius 2 is 1.91 bits per heavy atom. The summed E-state index contributed by atoms with van der Waals surface area (Å²) in [6.07, 6.45) is 4.20. The summed E-state index contributed by atoms with van der Waals surface area (Å²) in [7, 11) is 1.89. The van der Waals surface area contributed by atoms with Gasteiger partial charge in [0.15, 0.2) is 5.96 Å². The highest BCUT2D eigenvalue weighted by atomic mass is 16.2. The SMILES string of the molecule is CN1C(=O)CC(CN=C(N)N2CCCCC2)C1c1ccccc1. The van der Waals surface area contributed by atoms with Crippen LogP contribution in [-0.2, 0) is 4.79 Å². The van der Waals surface area contributed by atoms with E-state index in [9.17, 15) is 4.79 Å². The van der Waals surface area contributed by atoms with Crippen LogP contribution in [0, 0.1) is 5.92 Å². The quantitative estimate of drug-likeness (QED) is 0.686. The molecule has 0 bridgehead atoms. The van der Waals surface area contributed by atoms with Gasteiger partial charge in [0.25, 0.3) is 0 Å². The van der Waals surface area contributed by atoms with Gasteiger partial charge in [0.1, 0.15) is 0 Å². The third-order valence-electron chi connectivity index (χ3n) is 5.00. The van der Waals surface area contributed by atoms with Crippen LogP contribution in [0.1, 0.15) is 37.3 Å². The Hall–Kier alpha value is -2.04. The summed E-state index contributed by atoms with van der Waals surface area (Å²) in [5.41, 5.74) is 7.34. The van der Waals surface area contributed by atoms with E-state index in [-0.39, 0.29) is 17.9 Å². The van der Waals surface area contributed by atoms with Gasteiger partial charge in [-0.2, -0.15) is 0 Å². The van der Waals surface area contributed by atoms with Gasteiger partial charge in [-0.05, 0) is 24.8 Å². The topological polar surface area (TPSA) is 61.9 Å². The van der Waals surface area contributed by atoms with Crippen molar-refractivity contribution in [3.8, 4) is 0 Å². The van der Waals surface area contributed by atoms with Crippen molar-refractivity contribution in [1.82, 2.24) is 9.80 Å². The highest BCUT2D eigenvalue weighted by Crippen LogP contribution is 2.36. The van der Waals surface area contributed by atoms with Crippen molar-refractivity contribution in [1.29, 1.82) is 0 Å². The van der Waals surface area contributed by atoms with Gasteiger partial charge in [0.2, 0.25) is 5.91 Å². The van der Waals surface area contributed by atoms with Crippen LogP contribution in [0.15, 0.2) is 35.3 Å². The van der Waals surface area contributed by atoms with Crippen LogP contribution in [0.5, 0.6) is 0 Å². The molecule has 3 rings (SSSR count). The van der Waals surface area contributed by atoms with Crippen molar-refractivity contribution < 1.29 is 4.79 Å². The van der Waals surface area contributed by atoms with E-state index in [0.717, 1.165) is 13.1 Å². The maximum Gasteiger partial charge on any atom is 0.223 e. The van der Waals surface area contributed by atoms with Gasteiger partial charge >= 0.3 is 0 Å². The Morgan fingerprint density at radius 3 is 2.61 bits per heavy atom. The van der Waals surface area contributed by atoms with Crippen molar-refractivity contribution in [3.63, 3.8) is 0 Å². The summed E-state index contributed by atoms with van der Waals surface area (Å²) in [5, 5.41) is 0. The number of aliphatic imine (C=N–C) groups is 1. The van der Waals surface area contributed by atoms with Gasteiger partial charge in [-0.1, -0.05) is 30.3 Å². The van der Waals surface area contributed by atoms with Crippen molar-refractivity contribution in [3.05, 3.63) is 35.9 Å². The van der Waals surface area contributed by atoms with E-state index >= 15 is 0 Å². The molecule has 23 heavy (non-hydrogen) atoms. The second kappa shape index (κ2) is 7.02. The molecule has 0 saturated carbocycles. The molecule has 2 N–H and O–H groups in total. The number of guanidine groups is 1. The van der Waals surface area contributed by atoms with Crippen LogP contribution >= 0.6 is 0 Å². The van der Waals surface area contributed by atoms with E-state index in [1.165, 1.54) is 24.8 Å². The summed E-state index contributed by atoms with van der Waals surface area (Å²) in [4.78, 5) is 20.8. The highest BCUT2D eigenvalue weighted by molar-refractivity contribution is 5.80. The molecule has 5 heteroatoms. The van der Waals surface area contributed by atoms with E-state index in [0.29, 0.717) is 18.9 Å². The average molecular weight is 314 g/mol. The molecule has 0 aliphatic carbocycles. The lowest BCUT2D eigenvalue weighted by molar-refractivity contribution is -0.127. The van der Waals surface area contributed by atoms with Crippen molar-refractivity contribution in [2.24, 2.45) is 16.6 Å². The van der Waals surface area contributed by atoms with Crippen molar-refractivity contribution in [2.75, 3.05) is 26.7 Å². The number of benzene rings is 1. The number of carbonyl (C=O) groups excluding carboxylic acids is 1. The zero-order chi connectivity index (χ0) is 16.2. The monoisotopic (exact) mass is 314 g/mol. The minimum Gasteiger partial charge on any atom is -0.370 e. The van der Waals surface area contributed by atoms with Gasteiger partial charge in [-0.3, -0.25) is 9.79 Å². The van der Waals surface area contributed by atoms with E-state index in [2.05, 4.69) is 22.0 Å². The molecule has 2 atom stereocenters. The Kier molecular flexibility index (Phi) is 4.84. The largest absolute Gasteiger partial charge is 0.370 e. The number of amides is 1. The van der Waals surface area contributed by atoms with E-state index in [1.807, 2.05) is 30.1 Å². The lowest BCUT2D eigenvalue weighted by Gasteiger charge is -2.28. The second-order valence-electron chi connectivity index (χ2n) is 6.57. The molecule has 124 valence electrons. The summed E-state index contributed by atoms with van der Waals surface area (Å²) in [6.45, 7) is 2.61. The molecule has 0 aromatic heterocycles. The molecule has 1 aromatic rings. The first-order valence-corrected chi connectivity index (χ1v) is 8.52. The van der Waals surface area contributed by atoms with E-state index in [4.69, 9.17) is 5.73 Å². The zero-order valence-corrected chi connectivity index (χ0v) is 13.8. The van der Waals surface area contributed by atoms with Crippen molar-refractivity contribution >= 4 is 11.9 Å². The van der Waals surface area contributed by atoms with Crippen LogP contribution in [0.2, 0.25) is 0 Å². The molecule has 2 unspecified atom stereocenters. The first kappa shape index (κ1) is 15.8. The molecule has 2 fully saturated rings. The third kappa shape index (κ3) is 3.49. The molecule has 0 spiro atoms. The molecular weight excluding hydrogens is 288 g/mol. The van der Waals surface area contributed by atoms with Crippen LogP contribution in [0.4, 0.5) is 0 Å². The predicted molar refractivity (Wildman–Crippen MR) is 92.0 cm³/mol. The van der Waals surface area contributed by atoms with Gasteiger partial charge < -0.3 is 15.5 Å². The fourth-order valence-electron chi connectivity index (χ4n) is 3.70. The standard InChI is InChI=1S/C18H26N4O/c1-21-16(23)12-15(17(21)14-8-4-2-5-9-14)13-20-18(19)22-10-6-3-7-11-22/h2,4-5,8-9,15,17H,3,6-7,10-13H2,1H3,(H2,19,20). The number of nitrogens with two attached hydrogens (primary N) is 1. The first-order valence-electron chi connectivity index (χ1n) is 8.52. The summed E-state index contributed by atoms with van der Waals surface area (Å²) in [5.74, 6) is 1.02. The molecule has 5 nitrogen and oxygen atoms in total. The van der Waals surface area contributed by atoms with Crippen LogP contribution in [0.25, 0.3) is 0 Å². The molecule has 0 radical (unpaired) electrons. The van der Waals surface area contributed by atoms with Gasteiger partial charge in [-0.15, -0.1) is 0 Å². The normalized spacial score (nSPS) is 26.0. The average Bonchev–Trinajstić information content (AvgIpc) is 2.88. The van der Waals surface area contributed by atoms with Crippen LogP contribution in [0.3, 0.4) is 0 Å². The minimum absolute atomic E-state index is 0.0987. The number of carbonyl (C=O) groups is 1. The highest BCUT2D eigenvalue weighted by Gasteiger charge is 2.38. The lowest BCUT2D eigenvalue weighted by Crippen LogP contribution is -2.41. The van der Waals surface area contributed by atoms with E-state index < -0.39 is 0 Å². The van der Waals surface area contributed by atoms with E-state index in [1.54, 1.807) is 0 Å².